The van der Waals surface area contributed by atoms with Crippen molar-refractivity contribution < 1.29 is 14.3 Å². The molecule has 0 aromatic heterocycles. The van der Waals surface area contributed by atoms with Gasteiger partial charge >= 0.3 is 6.09 Å². The van der Waals surface area contributed by atoms with Crippen molar-refractivity contribution in [1.82, 2.24) is 9.80 Å². The van der Waals surface area contributed by atoms with Gasteiger partial charge in [0.15, 0.2) is 0 Å². The molecule has 0 saturated carbocycles. The number of ether oxygens (including phenoxy) is 2. The first-order valence-electron chi connectivity index (χ1n) is 8.67. The Hall–Kier alpha value is -0.810. The van der Waals surface area contributed by atoms with Gasteiger partial charge < -0.3 is 19.3 Å². The molecule has 3 aliphatic heterocycles. The third-order valence-electron chi connectivity index (χ3n) is 5.31. The molecule has 0 aliphatic carbocycles. The lowest BCUT2D eigenvalue weighted by molar-refractivity contribution is -0.143. The van der Waals surface area contributed by atoms with Crippen LogP contribution in [0.5, 0.6) is 0 Å². The predicted octanol–water partition coefficient (Wildman–Crippen LogP) is 2.50. The first-order valence-corrected chi connectivity index (χ1v) is 8.67. The zero-order chi connectivity index (χ0) is 15.8. The molecule has 0 N–H and O–H groups in total. The second kappa shape index (κ2) is 6.00. The Labute approximate surface area is 133 Å². The summed E-state index contributed by atoms with van der Waals surface area (Å²) in [5.41, 5.74) is 0.105. The summed E-state index contributed by atoms with van der Waals surface area (Å²) in [7, 11) is 0. The molecule has 3 fully saturated rings. The van der Waals surface area contributed by atoms with Crippen LogP contribution in [0.1, 0.15) is 46.5 Å². The molecular weight excluding hydrogens is 280 g/mol. The third kappa shape index (κ3) is 3.57. The molecule has 1 spiro atoms. The Bertz CT molecular complexity index is 397. The lowest BCUT2D eigenvalue weighted by Gasteiger charge is -2.49. The predicted molar refractivity (Wildman–Crippen MR) is 84.9 cm³/mol. The highest BCUT2D eigenvalue weighted by molar-refractivity contribution is 5.68. The summed E-state index contributed by atoms with van der Waals surface area (Å²) in [5.74, 6) is 0. The summed E-state index contributed by atoms with van der Waals surface area (Å²) in [6, 6.07) is 0.636. The van der Waals surface area contributed by atoms with Crippen molar-refractivity contribution >= 4 is 6.09 Å². The molecule has 0 bridgehead atoms. The summed E-state index contributed by atoms with van der Waals surface area (Å²) in [4.78, 5) is 16.6. The van der Waals surface area contributed by atoms with E-state index in [1.54, 1.807) is 0 Å². The highest BCUT2D eigenvalue weighted by Crippen LogP contribution is 2.39. The minimum Gasteiger partial charge on any atom is -0.444 e. The van der Waals surface area contributed by atoms with Crippen molar-refractivity contribution in [2.24, 2.45) is 5.41 Å². The highest BCUT2D eigenvalue weighted by atomic mass is 16.6. The summed E-state index contributed by atoms with van der Waals surface area (Å²) >= 11 is 0. The van der Waals surface area contributed by atoms with Crippen LogP contribution in [0.25, 0.3) is 0 Å². The fraction of sp³-hybridized carbons (Fsp3) is 0.941. The molecule has 22 heavy (non-hydrogen) atoms. The van der Waals surface area contributed by atoms with E-state index in [9.17, 15) is 4.79 Å². The fourth-order valence-electron chi connectivity index (χ4n) is 3.78. The van der Waals surface area contributed by atoms with Gasteiger partial charge in [-0.2, -0.15) is 0 Å². The van der Waals surface area contributed by atoms with Crippen LogP contribution in [0, 0.1) is 5.41 Å². The molecule has 0 aromatic carbocycles. The molecule has 1 amide bonds. The van der Waals surface area contributed by atoms with Crippen molar-refractivity contribution in [2.75, 3.05) is 39.4 Å². The first kappa shape index (κ1) is 16.1. The third-order valence-corrected chi connectivity index (χ3v) is 5.31. The van der Waals surface area contributed by atoms with Crippen LogP contribution in [0.4, 0.5) is 4.79 Å². The van der Waals surface area contributed by atoms with Crippen LogP contribution in [0.2, 0.25) is 0 Å². The minimum absolute atomic E-state index is 0.157. The normalized spacial score (nSPS) is 26.8. The monoisotopic (exact) mass is 310 g/mol. The maximum atomic E-state index is 12.1. The van der Waals surface area contributed by atoms with Crippen LogP contribution < -0.4 is 0 Å². The molecule has 3 heterocycles. The Kier molecular flexibility index (Phi) is 4.38. The second-order valence-electron chi connectivity index (χ2n) is 8.23. The summed E-state index contributed by atoms with van der Waals surface area (Å²) in [5, 5.41) is 0. The van der Waals surface area contributed by atoms with Gasteiger partial charge in [-0.1, -0.05) is 0 Å². The van der Waals surface area contributed by atoms with Crippen LogP contribution >= 0.6 is 0 Å². The van der Waals surface area contributed by atoms with Crippen molar-refractivity contribution in [2.45, 2.75) is 58.1 Å². The molecule has 3 saturated heterocycles. The molecular formula is C17H30N2O3. The molecule has 0 aromatic rings. The average Bonchev–Trinajstić information content (AvgIpc) is 2.44. The van der Waals surface area contributed by atoms with Gasteiger partial charge in [-0.05, 0) is 59.5 Å². The SMILES string of the molecule is CC(C)(C)OC(=O)N1CCC(N2CCC3(CC2)COC3)CC1. The number of hydrogen-bond donors (Lipinski definition) is 0. The van der Waals surface area contributed by atoms with E-state index in [4.69, 9.17) is 9.47 Å². The molecule has 5 heteroatoms. The maximum Gasteiger partial charge on any atom is 0.410 e. The van der Waals surface area contributed by atoms with Gasteiger partial charge in [0.2, 0.25) is 0 Å². The summed E-state index contributed by atoms with van der Waals surface area (Å²) in [6.07, 6.45) is 4.54. The average molecular weight is 310 g/mol. The lowest BCUT2D eigenvalue weighted by atomic mass is 9.76. The van der Waals surface area contributed by atoms with Crippen LogP contribution in [0.15, 0.2) is 0 Å². The summed E-state index contributed by atoms with van der Waals surface area (Å²) < 4.78 is 10.9. The number of hydrogen-bond acceptors (Lipinski definition) is 4. The lowest BCUT2D eigenvalue weighted by Crippen LogP contribution is -2.55. The van der Waals surface area contributed by atoms with Gasteiger partial charge in [0.25, 0.3) is 0 Å². The van der Waals surface area contributed by atoms with Gasteiger partial charge in [-0.25, -0.2) is 4.79 Å². The number of likely N-dealkylation sites (tertiary alicyclic amines) is 2. The second-order valence-corrected chi connectivity index (χ2v) is 8.23. The Balaban J connectivity index is 1.43. The Morgan fingerprint density at radius 3 is 2.14 bits per heavy atom. The first-order chi connectivity index (χ1) is 10.4. The maximum absolute atomic E-state index is 12.1. The van der Waals surface area contributed by atoms with E-state index in [1.807, 2.05) is 25.7 Å². The quantitative estimate of drug-likeness (QED) is 0.746. The van der Waals surface area contributed by atoms with E-state index in [0.29, 0.717) is 11.5 Å². The minimum atomic E-state index is -0.403. The van der Waals surface area contributed by atoms with Gasteiger partial charge in [-0.15, -0.1) is 0 Å². The molecule has 0 atom stereocenters. The fourth-order valence-corrected chi connectivity index (χ4v) is 3.78. The van der Waals surface area contributed by atoms with Crippen molar-refractivity contribution in [3.05, 3.63) is 0 Å². The van der Waals surface area contributed by atoms with E-state index >= 15 is 0 Å². The van der Waals surface area contributed by atoms with Crippen molar-refractivity contribution in [3.63, 3.8) is 0 Å². The van der Waals surface area contributed by atoms with E-state index in [0.717, 1.165) is 39.1 Å². The number of nitrogens with zero attached hydrogens (tertiary/aromatic N) is 2. The zero-order valence-corrected chi connectivity index (χ0v) is 14.3. The number of carbonyl (C=O) groups excluding carboxylic acids is 1. The number of carbonyl (C=O) groups is 1. The van der Waals surface area contributed by atoms with E-state index < -0.39 is 5.60 Å². The standard InChI is InChI=1S/C17H30N2O3/c1-16(2,3)22-15(20)19-8-4-14(5-9-19)18-10-6-17(7-11-18)12-21-13-17/h14H,4-13H2,1-3H3. The largest absolute Gasteiger partial charge is 0.444 e. The zero-order valence-electron chi connectivity index (χ0n) is 14.3. The smallest absolute Gasteiger partial charge is 0.410 e. The van der Waals surface area contributed by atoms with Gasteiger partial charge in [0, 0.05) is 24.5 Å². The molecule has 3 rings (SSSR count). The van der Waals surface area contributed by atoms with Gasteiger partial charge in [0.1, 0.15) is 5.60 Å². The number of amides is 1. The highest BCUT2D eigenvalue weighted by Gasteiger charge is 2.42. The van der Waals surface area contributed by atoms with Gasteiger partial charge in [-0.3, -0.25) is 0 Å². The van der Waals surface area contributed by atoms with Gasteiger partial charge in [0.05, 0.1) is 13.2 Å². The Morgan fingerprint density at radius 1 is 1.09 bits per heavy atom. The van der Waals surface area contributed by atoms with Crippen LogP contribution in [-0.2, 0) is 9.47 Å². The number of rotatable bonds is 1. The topological polar surface area (TPSA) is 42.0 Å². The van der Waals surface area contributed by atoms with Crippen LogP contribution in [-0.4, -0.2) is 66.9 Å². The molecule has 0 radical (unpaired) electrons. The van der Waals surface area contributed by atoms with E-state index in [2.05, 4.69) is 4.90 Å². The van der Waals surface area contributed by atoms with Crippen molar-refractivity contribution in [1.29, 1.82) is 0 Å². The molecule has 3 aliphatic rings. The summed E-state index contributed by atoms with van der Waals surface area (Å²) in [6.45, 7) is 11.7. The molecule has 5 nitrogen and oxygen atoms in total. The van der Waals surface area contributed by atoms with Crippen LogP contribution in [0.3, 0.4) is 0 Å². The number of piperidine rings is 2. The molecule has 0 unspecified atom stereocenters. The van der Waals surface area contributed by atoms with E-state index in [1.165, 1.54) is 25.9 Å². The Morgan fingerprint density at radius 2 is 1.68 bits per heavy atom. The molecule has 126 valence electrons. The van der Waals surface area contributed by atoms with Crippen molar-refractivity contribution in [3.8, 4) is 0 Å². The van der Waals surface area contributed by atoms with E-state index in [-0.39, 0.29) is 6.09 Å².